The third kappa shape index (κ3) is 12.2. The van der Waals surface area contributed by atoms with Crippen LogP contribution >= 0.6 is 23.5 Å². The molecular weight excluding hydrogens is 719 g/mol. The molecule has 1 aliphatic heterocycles. The Morgan fingerprint density at radius 3 is 2.51 bits per heavy atom. The molecule has 6 atom stereocenters. The van der Waals surface area contributed by atoms with Crippen LogP contribution in [0.4, 0.5) is 5.69 Å². The smallest absolute Gasteiger partial charge is 0.457 e. The van der Waals surface area contributed by atoms with Gasteiger partial charge in [0.25, 0.3) is 11.2 Å². The quantitative estimate of drug-likeness (QED) is 0.0574. The minimum atomic E-state index is -5.72. The summed E-state index contributed by atoms with van der Waals surface area (Å²) in [6.45, 7) is 4.35. The predicted octanol–water partition coefficient (Wildman–Crippen LogP) is 3.10. The number of nitro benzene ring substituents is 1. The fourth-order valence-corrected chi connectivity index (χ4v) is 7.71. The molecule has 1 aromatic carbocycles. The van der Waals surface area contributed by atoms with Crippen LogP contribution < -0.4 is 11.2 Å². The third-order valence-electron chi connectivity index (χ3n) is 6.89. The van der Waals surface area contributed by atoms with Gasteiger partial charge in [0.2, 0.25) is 0 Å². The van der Waals surface area contributed by atoms with E-state index in [1.807, 2.05) is 6.92 Å². The lowest BCUT2D eigenvalue weighted by molar-refractivity contribution is -0.386. The van der Waals surface area contributed by atoms with Crippen molar-refractivity contribution in [3.8, 4) is 11.8 Å². The Kier molecular flexibility index (Phi) is 13.6. The van der Waals surface area contributed by atoms with Crippen LogP contribution in [0.3, 0.4) is 0 Å². The Hall–Kier alpha value is -3.30. The van der Waals surface area contributed by atoms with Gasteiger partial charge in [-0.05, 0) is 37.3 Å². The molecule has 0 bridgehead atoms. The molecule has 49 heavy (non-hydrogen) atoms. The SMILES string of the molecule is CCCc1ccc([N+](=O)[O-])c(C(C)OC(=O)CCC#Cc2cn([C@H]3C[C@@H](C)[C@@H](COP(=O)(O)OP(=O)(O)OP(=O)(O)O)O3)c(=O)[nH]c2=O)c1. The summed E-state index contributed by atoms with van der Waals surface area (Å²) in [6.07, 6.45) is -0.500. The van der Waals surface area contributed by atoms with Gasteiger partial charge in [-0.1, -0.05) is 38.2 Å². The number of nitrogens with one attached hydrogen (secondary N) is 1. The van der Waals surface area contributed by atoms with Gasteiger partial charge >= 0.3 is 35.1 Å². The Labute approximate surface area is 278 Å². The number of esters is 1. The van der Waals surface area contributed by atoms with Gasteiger partial charge in [-0.3, -0.25) is 33.8 Å². The molecule has 5 N–H and O–H groups in total. The number of nitro groups is 1. The van der Waals surface area contributed by atoms with Crippen molar-refractivity contribution < 1.29 is 65.6 Å². The Balaban J connectivity index is 1.62. The number of aromatic nitrogens is 2. The van der Waals surface area contributed by atoms with Crippen molar-refractivity contribution in [2.45, 2.75) is 71.3 Å². The number of benzene rings is 1. The van der Waals surface area contributed by atoms with E-state index in [9.17, 15) is 48.0 Å². The zero-order valence-electron chi connectivity index (χ0n) is 26.2. The number of nitrogens with zero attached hydrogens (tertiary/aromatic N) is 2. The molecule has 0 amide bonds. The lowest BCUT2D eigenvalue weighted by atomic mass is 10.0. The van der Waals surface area contributed by atoms with Gasteiger partial charge in [-0.15, -0.1) is 0 Å². The number of carbonyl (C=O) groups excluding carboxylic acids is 1. The van der Waals surface area contributed by atoms with Gasteiger partial charge in [0.15, 0.2) is 0 Å². The molecule has 1 aromatic heterocycles. The van der Waals surface area contributed by atoms with Crippen LogP contribution in [0.5, 0.6) is 0 Å². The number of rotatable bonds is 15. The van der Waals surface area contributed by atoms with Crippen molar-refractivity contribution in [3.05, 3.63) is 72.0 Å². The molecule has 0 saturated carbocycles. The zero-order valence-corrected chi connectivity index (χ0v) is 28.9. The molecule has 2 aromatic rings. The highest BCUT2D eigenvalue weighted by Crippen LogP contribution is 2.66. The third-order valence-corrected chi connectivity index (χ3v) is 10.7. The van der Waals surface area contributed by atoms with Crippen LogP contribution in [-0.2, 0) is 47.5 Å². The number of aryl methyl sites for hydroxylation is 1. The average Bonchev–Trinajstić information content (AvgIpc) is 3.33. The van der Waals surface area contributed by atoms with Crippen molar-refractivity contribution in [2.75, 3.05) is 6.61 Å². The van der Waals surface area contributed by atoms with Gasteiger partial charge in [0.05, 0.1) is 29.6 Å². The Morgan fingerprint density at radius 2 is 1.88 bits per heavy atom. The van der Waals surface area contributed by atoms with E-state index in [-0.39, 0.29) is 36.1 Å². The topological polar surface area (TPSA) is 293 Å². The normalized spacial score (nSPS) is 20.8. The fourth-order valence-electron chi connectivity index (χ4n) is 4.69. The first kappa shape index (κ1) is 40.1. The number of phosphoric ester groups is 1. The fraction of sp³-hybridized carbons (Fsp3) is 0.500. The van der Waals surface area contributed by atoms with Crippen LogP contribution in [0.2, 0.25) is 0 Å². The van der Waals surface area contributed by atoms with E-state index in [2.05, 4.69) is 30.0 Å². The summed E-state index contributed by atoms with van der Waals surface area (Å²) in [6, 6.07) is 4.65. The van der Waals surface area contributed by atoms with E-state index >= 15 is 0 Å². The molecule has 0 radical (unpaired) electrons. The first-order valence-corrected chi connectivity index (χ1v) is 19.0. The van der Waals surface area contributed by atoms with E-state index in [4.69, 9.17) is 19.3 Å². The maximum absolute atomic E-state index is 12.5. The largest absolute Gasteiger partial charge is 0.490 e. The van der Waals surface area contributed by atoms with Crippen molar-refractivity contribution >= 4 is 35.1 Å². The lowest BCUT2D eigenvalue weighted by Gasteiger charge is -2.20. The van der Waals surface area contributed by atoms with E-state index in [0.29, 0.717) is 6.42 Å². The van der Waals surface area contributed by atoms with E-state index in [1.54, 1.807) is 19.1 Å². The van der Waals surface area contributed by atoms with Crippen LogP contribution in [0.25, 0.3) is 0 Å². The Morgan fingerprint density at radius 1 is 1.18 bits per heavy atom. The van der Waals surface area contributed by atoms with Gasteiger partial charge in [0.1, 0.15) is 17.9 Å². The second kappa shape index (κ2) is 16.6. The first-order valence-electron chi connectivity index (χ1n) is 14.4. The minimum Gasteiger partial charge on any atom is -0.457 e. The second-order valence-corrected chi connectivity index (χ2v) is 15.2. The van der Waals surface area contributed by atoms with Crippen LogP contribution in [0.15, 0.2) is 34.0 Å². The zero-order chi connectivity index (χ0) is 36.7. The number of aromatic amines is 1. The highest BCUT2D eigenvalue weighted by Gasteiger charge is 2.42. The number of H-pyrrole nitrogens is 1. The standard InChI is InChI=1S/C26H34N3O17P3/c1-4-7-18-10-11-21(29(33)34)20(13-18)17(3)43-24(30)9-6-5-8-19-14-28(26(32)27-25(19)31)23-12-16(2)22(44-23)15-42-48(38,39)46-49(40,41)45-47(35,36)37/h10-11,13-14,16-17,22-23H,4,6-7,9,12,15H2,1-3H3,(H,38,39)(H,40,41)(H,27,31,32)(H2,35,36,37)/t16-,17?,22-,23-/m1/s1. The Bertz CT molecular complexity index is 1880. The van der Waals surface area contributed by atoms with Crippen molar-refractivity contribution in [2.24, 2.45) is 5.92 Å². The highest BCUT2D eigenvalue weighted by molar-refractivity contribution is 7.66. The average molecular weight is 753 g/mol. The number of hydrogen-bond donors (Lipinski definition) is 5. The molecule has 3 rings (SSSR count). The number of carbonyl (C=O) groups is 1. The maximum atomic E-state index is 12.5. The van der Waals surface area contributed by atoms with E-state index < -0.39 is 76.6 Å². The van der Waals surface area contributed by atoms with Gasteiger partial charge < -0.3 is 29.0 Å². The minimum absolute atomic E-state index is 0.0677. The van der Waals surface area contributed by atoms with Crippen LogP contribution in [-0.4, -0.2) is 52.7 Å². The maximum Gasteiger partial charge on any atom is 0.490 e. The van der Waals surface area contributed by atoms with Crippen molar-refractivity contribution in [3.63, 3.8) is 0 Å². The molecular formula is C26H34N3O17P3. The lowest BCUT2D eigenvalue weighted by Crippen LogP contribution is -2.33. The molecule has 20 nitrogen and oxygen atoms in total. The van der Waals surface area contributed by atoms with E-state index in [0.717, 1.165) is 22.7 Å². The summed E-state index contributed by atoms with van der Waals surface area (Å²) in [4.78, 5) is 86.6. The molecule has 1 aliphatic rings. The predicted molar refractivity (Wildman–Crippen MR) is 167 cm³/mol. The van der Waals surface area contributed by atoms with E-state index in [1.165, 1.54) is 13.0 Å². The summed E-state index contributed by atoms with van der Waals surface area (Å²) >= 11 is 0. The monoisotopic (exact) mass is 753 g/mol. The molecule has 23 heteroatoms. The summed E-state index contributed by atoms with van der Waals surface area (Å²) < 4.78 is 58.4. The molecule has 2 heterocycles. The molecule has 270 valence electrons. The summed E-state index contributed by atoms with van der Waals surface area (Å²) in [5.74, 6) is 4.04. The van der Waals surface area contributed by atoms with Gasteiger partial charge in [0, 0.05) is 18.7 Å². The molecule has 1 saturated heterocycles. The second-order valence-electron chi connectivity index (χ2n) is 10.8. The number of hydrogen-bond acceptors (Lipinski definition) is 13. The summed E-state index contributed by atoms with van der Waals surface area (Å²) in [5.41, 5.74) is -0.947. The first-order chi connectivity index (χ1) is 22.7. The summed E-state index contributed by atoms with van der Waals surface area (Å²) in [5, 5.41) is 11.5. The van der Waals surface area contributed by atoms with Gasteiger partial charge in [-0.2, -0.15) is 8.62 Å². The number of ether oxygens (including phenoxy) is 2. The molecule has 3 unspecified atom stereocenters. The van der Waals surface area contributed by atoms with Crippen molar-refractivity contribution in [1.82, 2.24) is 9.55 Å². The molecule has 0 spiro atoms. The molecule has 0 aliphatic carbocycles. The highest BCUT2D eigenvalue weighted by atomic mass is 31.3. The number of phosphoric acid groups is 3. The van der Waals surface area contributed by atoms with Gasteiger partial charge in [-0.25, -0.2) is 18.5 Å². The summed E-state index contributed by atoms with van der Waals surface area (Å²) in [7, 11) is -16.7. The van der Waals surface area contributed by atoms with Crippen LogP contribution in [0.1, 0.15) is 75.5 Å². The molecule has 1 fully saturated rings. The van der Waals surface area contributed by atoms with Crippen molar-refractivity contribution in [1.29, 1.82) is 0 Å². The van der Waals surface area contributed by atoms with Crippen LogP contribution in [0, 0.1) is 27.9 Å².